The maximum absolute atomic E-state index is 6.22. The second kappa shape index (κ2) is 5.71. The Kier molecular flexibility index (Phi) is 4.59. The summed E-state index contributed by atoms with van der Waals surface area (Å²) in [6.45, 7) is 9.87. The zero-order chi connectivity index (χ0) is 14.1. The highest BCUT2D eigenvalue weighted by Gasteiger charge is 2.46. The fourth-order valence-corrected chi connectivity index (χ4v) is 3.49. The number of rotatable bonds is 3. The van der Waals surface area contributed by atoms with Crippen molar-refractivity contribution in [2.75, 3.05) is 6.61 Å². The highest BCUT2D eigenvalue weighted by molar-refractivity contribution is 4.90. The molecule has 1 spiro atoms. The first-order valence-corrected chi connectivity index (χ1v) is 7.94. The molecule has 2 aliphatic rings. The molecular formula is C16H31NO2. The molecule has 2 fully saturated rings. The Labute approximate surface area is 118 Å². The SMILES string of the molecule is CCCC(N)C1COC2(CCC(C(C)(C)C)CC2)O1. The van der Waals surface area contributed by atoms with E-state index in [2.05, 4.69) is 27.7 Å². The predicted molar refractivity (Wildman–Crippen MR) is 77.9 cm³/mol. The summed E-state index contributed by atoms with van der Waals surface area (Å²) in [5.41, 5.74) is 6.57. The van der Waals surface area contributed by atoms with Gasteiger partial charge in [0.05, 0.1) is 12.7 Å². The lowest BCUT2D eigenvalue weighted by Crippen LogP contribution is -2.41. The van der Waals surface area contributed by atoms with Crippen molar-refractivity contribution in [2.24, 2.45) is 17.1 Å². The number of nitrogens with two attached hydrogens (primary N) is 1. The van der Waals surface area contributed by atoms with Crippen LogP contribution in [0.2, 0.25) is 0 Å². The molecule has 1 saturated heterocycles. The van der Waals surface area contributed by atoms with Crippen LogP contribution in [0.3, 0.4) is 0 Å². The van der Waals surface area contributed by atoms with Crippen LogP contribution in [0.1, 0.15) is 66.2 Å². The predicted octanol–water partition coefficient (Wildman–Crippen LogP) is 3.46. The van der Waals surface area contributed by atoms with E-state index < -0.39 is 0 Å². The van der Waals surface area contributed by atoms with Crippen molar-refractivity contribution < 1.29 is 9.47 Å². The Bertz CT molecular complexity index is 290. The van der Waals surface area contributed by atoms with E-state index in [1.165, 1.54) is 12.8 Å². The average molecular weight is 269 g/mol. The lowest BCUT2D eigenvalue weighted by Gasteiger charge is -2.41. The van der Waals surface area contributed by atoms with Crippen LogP contribution in [0.4, 0.5) is 0 Å². The van der Waals surface area contributed by atoms with Crippen molar-refractivity contribution in [3.8, 4) is 0 Å². The average Bonchev–Trinajstić information content (AvgIpc) is 2.73. The van der Waals surface area contributed by atoms with Crippen LogP contribution in [0.5, 0.6) is 0 Å². The van der Waals surface area contributed by atoms with E-state index in [-0.39, 0.29) is 17.9 Å². The van der Waals surface area contributed by atoms with Gasteiger partial charge in [0.15, 0.2) is 5.79 Å². The van der Waals surface area contributed by atoms with E-state index in [9.17, 15) is 0 Å². The molecule has 0 radical (unpaired) electrons. The van der Waals surface area contributed by atoms with Crippen molar-refractivity contribution in [3.63, 3.8) is 0 Å². The fourth-order valence-electron chi connectivity index (χ4n) is 3.49. The lowest BCUT2D eigenvalue weighted by atomic mass is 9.71. The number of ether oxygens (including phenoxy) is 2. The third-order valence-corrected chi connectivity index (χ3v) is 4.95. The Balaban J connectivity index is 1.87. The summed E-state index contributed by atoms with van der Waals surface area (Å²) in [6.07, 6.45) is 6.72. The molecule has 1 aliphatic carbocycles. The molecule has 2 N–H and O–H groups in total. The van der Waals surface area contributed by atoms with Gasteiger partial charge >= 0.3 is 0 Å². The summed E-state index contributed by atoms with van der Waals surface area (Å²) in [6, 6.07) is 0.129. The molecule has 0 aromatic heterocycles. The smallest absolute Gasteiger partial charge is 0.169 e. The molecule has 0 amide bonds. The van der Waals surface area contributed by atoms with E-state index in [0.29, 0.717) is 12.0 Å². The van der Waals surface area contributed by atoms with E-state index in [1.807, 2.05) is 0 Å². The molecular weight excluding hydrogens is 238 g/mol. The van der Waals surface area contributed by atoms with Crippen LogP contribution in [0.25, 0.3) is 0 Å². The van der Waals surface area contributed by atoms with Crippen LogP contribution >= 0.6 is 0 Å². The summed E-state index contributed by atoms with van der Waals surface area (Å²) in [5, 5.41) is 0. The molecule has 2 unspecified atom stereocenters. The minimum atomic E-state index is -0.308. The summed E-state index contributed by atoms with van der Waals surface area (Å²) in [4.78, 5) is 0. The second-order valence-electron chi connectivity index (χ2n) is 7.47. The Morgan fingerprint density at radius 1 is 1.26 bits per heavy atom. The van der Waals surface area contributed by atoms with Crippen molar-refractivity contribution in [2.45, 2.75) is 84.2 Å². The second-order valence-corrected chi connectivity index (χ2v) is 7.47. The molecule has 1 aliphatic heterocycles. The third kappa shape index (κ3) is 3.50. The molecule has 2 rings (SSSR count). The van der Waals surface area contributed by atoms with Gasteiger partial charge < -0.3 is 15.2 Å². The van der Waals surface area contributed by atoms with Crippen molar-refractivity contribution in [1.82, 2.24) is 0 Å². The van der Waals surface area contributed by atoms with Gasteiger partial charge in [0.25, 0.3) is 0 Å². The molecule has 0 aromatic carbocycles. The van der Waals surface area contributed by atoms with Crippen LogP contribution in [0.15, 0.2) is 0 Å². The van der Waals surface area contributed by atoms with Crippen LogP contribution < -0.4 is 5.73 Å². The van der Waals surface area contributed by atoms with E-state index >= 15 is 0 Å². The first kappa shape index (κ1) is 15.3. The maximum Gasteiger partial charge on any atom is 0.169 e. The first-order valence-electron chi connectivity index (χ1n) is 7.94. The minimum absolute atomic E-state index is 0.103. The Morgan fingerprint density at radius 2 is 1.89 bits per heavy atom. The standard InChI is InChI=1S/C16H31NO2/c1-5-6-13(17)14-11-18-16(19-14)9-7-12(8-10-16)15(2,3)4/h12-14H,5-11,17H2,1-4H3. The first-order chi connectivity index (χ1) is 8.86. The largest absolute Gasteiger partial charge is 0.347 e. The van der Waals surface area contributed by atoms with Gasteiger partial charge in [-0.1, -0.05) is 34.1 Å². The molecule has 1 heterocycles. The molecule has 3 heteroatoms. The summed E-state index contributed by atoms with van der Waals surface area (Å²) in [5.74, 6) is 0.478. The minimum Gasteiger partial charge on any atom is -0.347 e. The lowest BCUT2D eigenvalue weighted by molar-refractivity contribution is -0.198. The quantitative estimate of drug-likeness (QED) is 0.853. The monoisotopic (exact) mass is 269 g/mol. The van der Waals surface area contributed by atoms with Gasteiger partial charge in [-0.05, 0) is 30.6 Å². The summed E-state index contributed by atoms with van der Waals surface area (Å²) in [7, 11) is 0. The summed E-state index contributed by atoms with van der Waals surface area (Å²) >= 11 is 0. The van der Waals surface area contributed by atoms with Crippen LogP contribution in [-0.2, 0) is 9.47 Å². The summed E-state index contributed by atoms with van der Waals surface area (Å²) < 4.78 is 12.2. The molecule has 0 bridgehead atoms. The molecule has 1 saturated carbocycles. The van der Waals surface area contributed by atoms with Gasteiger partial charge in [0.2, 0.25) is 0 Å². The van der Waals surface area contributed by atoms with Crippen molar-refractivity contribution in [1.29, 1.82) is 0 Å². The number of hydrogen-bond acceptors (Lipinski definition) is 3. The van der Waals surface area contributed by atoms with Gasteiger partial charge in [-0.2, -0.15) is 0 Å². The third-order valence-electron chi connectivity index (χ3n) is 4.95. The zero-order valence-electron chi connectivity index (χ0n) is 13.1. The van der Waals surface area contributed by atoms with E-state index in [0.717, 1.165) is 31.6 Å². The number of hydrogen-bond donors (Lipinski definition) is 1. The van der Waals surface area contributed by atoms with Gasteiger partial charge in [0, 0.05) is 18.9 Å². The van der Waals surface area contributed by atoms with Crippen molar-refractivity contribution in [3.05, 3.63) is 0 Å². The highest BCUT2D eigenvalue weighted by Crippen LogP contribution is 2.45. The van der Waals surface area contributed by atoms with E-state index in [4.69, 9.17) is 15.2 Å². The van der Waals surface area contributed by atoms with Crippen LogP contribution in [0, 0.1) is 11.3 Å². The Morgan fingerprint density at radius 3 is 2.42 bits per heavy atom. The highest BCUT2D eigenvalue weighted by atomic mass is 16.7. The van der Waals surface area contributed by atoms with E-state index in [1.54, 1.807) is 0 Å². The fraction of sp³-hybridized carbons (Fsp3) is 1.00. The molecule has 0 aromatic rings. The van der Waals surface area contributed by atoms with Gasteiger partial charge in [0.1, 0.15) is 0 Å². The zero-order valence-corrected chi connectivity index (χ0v) is 13.1. The molecule has 2 atom stereocenters. The topological polar surface area (TPSA) is 44.5 Å². The van der Waals surface area contributed by atoms with Gasteiger partial charge in [-0.3, -0.25) is 0 Å². The van der Waals surface area contributed by atoms with Crippen LogP contribution in [-0.4, -0.2) is 24.5 Å². The maximum atomic E-state index is 6.22. The molecule has 3 nitrogen and oxygen atoms in total. The molecule has 19 heavy (non-hydrogen) atoms. The van der Waals surface area contributed by atoms with Gasteiger partial charge in [-0.25, -0.2) is 0 Å². The molecule has 112 valence electrons. The normalized spacial score (nSPS) is 37.7. The Hall–Kier alpha value is -0.120. The van der Waals surface area contributed by atoms with Gasteiger partial charge in [-0.15, -0.1) is 0 Å². The van der Waals surface area contributed by atoms with Crippen molar-refractivity contribution >= 4 is 0 Å².